The summed E-state index contributed by atoms with van der Waals surface area (Å²) in [5.41, 5.74) is 0.334. The van der Waals surface area contributed by atoms with Crippen LogP contribution in [-0.4, -0.2) is 49.2 Å². The number of para-hydroxylation sites is 1. The second-order valence-corrected chi connectivity index (χ2v) is 8.00. The number of carbonyl (C=O) groups is 2. The molecule has 0 atom stereocenters. The third kappa shape index (κ3) is 11.6. The maximum Gasteiger partial charge on any atom is 0.410 e. The van der Waals surface area contributed by atoms with Crippen LogP contribution < -0.4 is 10.6 Å². The summed E-state index contributed by atoms with van der Waals surface area (Å²) in [5.74, 6) is 0.0299. The molecule has 0 saturated heterocycles. The minimum atomic E-state index is -0.490. The van der Waals surface area contributed by atoms with E-state index in [0.717, 1.165) is 44.3 Å². The summed E-state index contributed by atoms with van der Waals surface area (Å²) >= 11 is 0. The average molecular weight is 392 g/mol. The van der Waals surface area contributed by atoms with Gasteiger partial charge < -0.3 is 20.3 Å². The van der Waals surface area contributed by atoms with E-state index in [4.69, 9.17) is 4.74 Å². The molecule has 0 aliphatic heterocycles. The van der Waals surface area contributed by atoms with Gasteiger partial charge in [0.05, 0.1) is 0 Å². The summed E-state index contributed by atoms with van der Waals surface area (Å²) in [6, 6.07) is 9.48. The fraction of sp³-hybridized carbons (Fsp3) is 0.636. The summed E-state index contributed by atoms with van der Waals surface area (Å²) in [6.45, 7) is 7.96. The van der Waals surface area contributed by atoms with Crippen LogP contribution >= 0.6 is 0 Å². The summed E-state index contributed by atoms with van der Waals surface area (Å²) < 4.78 is 5.53. The number of nitrogens with one attached hydrogen (secondary N) is 2. The normalized spacial score (nSPS) is 11.1. The molecule has 0 spiro atoms. The quantitative estimate of drug-likeness (QED) is 0.517. The number of hydrogen-bond donors (Lipinski definition) is 2. The molecule has 0 saturated carbocycles. The largest absolute Gasteiger partial charge is 0.444 e. The molecule has 158 valence electrons. The Morgan fingerprint density at radius 2 is 1.61 bits per heavy atom. The lowest BCUT2D eigenvalue weighted by atomic mass is 10.1. The number of carbonyl (C=O) groups excluding carboxylic acids is 2. The number of rotatable bonds is 12. The van der Waals surface area contributed by atoms with E-state index in [9.17, 15) is 9.59 Å². The molecule has 2 N–H and O–H groups in total. The molecule has 0 fully saturated rings. The molecule has 1 aromatic carbocycles. The molecule has 6 nitrogen and oxygen atoms in total. The van der Waals surface area contributed by atoms with Crippen LogP contribution in [0.15, 0.2) is 30.3 Å². The lowest BCUT2D eigenvalue weighted by molar-refractivity contribution is -0.116. The van der Waals surface area contributed by atoms with Gasteiger partial charge in [0.2, 0.25) is 5.91 Å². The van der Waals surface area contributed by atoms with Gasteiger partial charge in [-0.3, -0.25) is 4.79 Å². The molecule has 0 aromatic heterocycles. The van der Waals surface area contributed by atoms with Crippen molar-refractivity contribution in [3.05, 3.63) is 30.3 Å². The Labute approximate surface area is 170 Å². The zero-order valence-electron chi connectivity index (χ0n) is 17.9. The van der Waals surface area contributed by atoms with Crippen molar-refractivity contribution in [3.63, 3.8) is 0 Å². The summed E-state index contributed by atoms with van der Waals surface area (Å²) in [7, 11) is 1.93. The zero-order chi connectivity index (χ0) is 20.8. The highest BCUT2D eigenvalue weighted by Crippen LogP contribution is 2.12. The maximum atomic E-state index is 12.4. The Balaban J connectivity index is 2.31. The number of unbranched alkanes of at least 4 members (excludes halogenated alkanes) is 3. The molecule has 0 aliphatic carbocycles. The molecule has 1 aromatic rings. The van der Waals surface area contributed by atoms with Crippen LogP contribution in [0.4, 0.5) is 10.5 Å². The Bertz CT molecular complexity index is 570. The van der Waals surface area contributed by atoms with Crippen molar-refractivity contribution in [1.82, 2.24) is 10.2 Å². The highest BCUT2D eigenvalue weighted by molar-refractivity contribution is 5.90. The van der Waals surface area contributed by atoms with Crippen molar-refractivity contribution in [3.8, 4) is 0 Å². The first-order valence-electron chi connectivity index (χ1n) is 10.3. The van der Waals surface area contributed by atoms with Gasteiger partial charge in [-0.2, -0.15) is 0 Å². The van der Waals surface area contributed by atoms with Crippen molar-refractivity contribution in [2.24, 2.45) is 0 Å². The van der Waals surface area contributed by atoms with Gasteiger partial charge in [0, 0.05) is 25.2 Å². The van der Waals surface area contributed by atoms with Gasteiger partial charge in [0.25, 0.3) is 0 Å². The van der Waals surface area contributed by atoms with E-state index in [1.54, 1.807) is 4.90 Å². The highest BCUT2D eigenvalue weighted by Gasteiger charge is 2.21. The Kier molecular flexibility index (Phi) is 11.3. The minimum Gasteiger partial charge on any atom is -0.444 e. The fourth-order valence-electron chi connectivity index (χ4n) is 2.74. The van der Waals surface area contributed by atoms with E-state index in [0.29, 0.717) is 19.5 Å². The minimum absolute atomic E-state index is 0.0299. The molecule has 2 amide bonds. The van der Waals surface area contributed by atoms with Crippen LogP contribution in [-0.2, 0) is 9.53 Å². The Morgan fingerprint density at radius 1 is 0.964 bits per heavy atom. The van der Waals surface area contributed by atoms with Crippen molar-refractivity contribution >= 4 is 17.7 Å². The molecule has 0 radical (unpaired) electrons. The van der Waals surface area contributed by atoms with Crippen LogP contribution in [0, 0.1) is 0 Å². The van der Waals surface area contributed by atoms with Gasteiger partial charge in [-0.1, -0.05) is 24.6 Å². The van der Waals surface area contributed by atoms with E-state index < -0.39 is 5.60 Å². The van der Waals surface area contributed by atoms with E-state index >= 15 is 0 Å². The third-order valence-corrected chi connectivity index (χ3v) is 4.15. The fourth-order valence-corrected chi connectivity index (χ4v) is 2.74. The van der Waals surface area contributed by atoms with E-state index in [2.05, 4.69) is 10.6 Å². The van der Waals surface area contributed by atoms with Crippen molar-refractivity contribution < 1.29 is 14.3 Å². The molecule has 0 unspecified atom stereocenters. The second-order valence-electron chi connectivity index (χ2n) is 8.00. The van der Waals surface area contributed by atoms with Crippen molar-refractivity contribution in [1.29, 1.82) is 0 Å². The SMILES string of the molecule is CNCCCCN(CCCCCC(=O)Nc1ccccc1)C(=O)OC(C)(C)C. The first-order valence-corrected chi connectivity index (χ1v) is 10.3. The maximum absolute atomic E-state index is 12.4. The van der Waals surface area contributed by atoms with Crippen LogP contribution in [0.2, 0.25) is 0 Å². The molecule has 0 aliphatic rings. The van der Waals surface area contributed by atoms with Gasteiger partial charge >= 0.3 is 6.09 Å². The molecular weight excluding hydrogens is 354 g/mol. The molecule has 6 heteroatoms. The third-order valence-electron chi connectivity index (χ3n) is 4.15. The lowest BCUT2D eigenvalue weighted by Gasteiger charge is -2.27. The molecule has 1 rings (SSSR count). The number of nitrogens with zero attached hydrogens (tertiary/aromatic N) is 1. The predicted octanol–water partition coefficient (Wildman–Crippen LogP) is 4.42. The van der Waals surface area contributed by atoms with Crippen molar-refractivity contribution in [2.75, 3.05) is 32.0 Å². The standard InChI is InChI=1S/C22H37N3O3/c1-22(2,3)28-21(27)25(18-12-10-16-23-4)17-11-6-9-15-20(26)24-19-13-7-5-8-14-19/h5,7-8,13-14,23H,6,9-12,15-18H2,1-4H3,(H,24,26). The zero-order valence-corrected chi connectivity index (χ0v) is 17.9. The van der Waals surface area contributed by atoms with Crippen LogP contribution in [0.5, 0.6) is 0 Å². The van der Waals surface area contributed by atoms with Gasteiger partial charge in [0.1, 0.15) is 5.60 Å². The number of amides is 2. The first-order chi connectivity index (χ1) is 13.3. The Hall–Kier alpha value is -2.08. The van der Waals surface area contributed by atoms with Crippen LogP contribution in [0.3, 0.4) is 0 Å². The lowest BCUT2D eigenvalue weighted by Crippen LogP contribution is -2.38. The molecular formula is C22H37N3O3. The molecule has 28 heavy (non-hydrogen) atoms. The van der Waals surface area contributed by atoms with E-state index in [-0.39, 0.29) is 12.0 Å². The monoisotopic (exact) mass is 391 g/mol. The van der Waals surface area contributed by atoms with E-state index in [1.807, 2.05) is 58.2 Å². The summed E-state index contributed by atoms with van der Waals surface area (Å²) in [4.78, 5) is 26.2. The molecule has 0 heterocycles. The van der Waals surface area contributed by atoms with E-state index in [1.165, 1.54) is 0 Å². The smallest absolute Gasteiger partial charge is 0.410 e. The second kappa shape index (κ2) is 13.2. The van der Waals surface area contributed by atoms with Crippen LogP contribution in [0.25, 0.3) is 0 Å². The van der Waals surface area contributed by atoms with Crippen LogP contribution in [0.1, 0.15) is 59.3 Å². The Morgan fingerprint density at radius 3 is 2.21 bits per heavy atom. The highest BCUT2D eigenvalue weighted by atomic mass is 16.6. The summed E-state index contributed by atoms with van der Waals surface area (Å²) in [6.07, 6.45) is 4.78. The number of hydrogen-bond acceptors (Lipinski definition) is 4. The number of benzene rings is 1. The van der Waals surface area contributed by atoms with Gasteiger partial charge in [-0.25, -0.2) is 4.79 Å². The van der Waals surface area contributed by atoms with Gasteiger partial charge in [0.15, 0.2) is 0 Å². The average Bonchev–Trinajstić information content (AvgIpc) is 2.62. The first kappa shape index (κ1) is 24.0. The predicted molar refractivity (Wildman–Crippen MR) is 115 cm³/mol. The van der Waals surface area contributed by atoms with Gasteiger partial charge in [-0.15, -0.1) is 0 Å². The summed E-state index contributed by atoms with van der Waals surface area (Å²) in [5, 5.41) is 6.02. The van der Waals surface area contributed by atoms with Gasteiger partial charge in [-0.05, 0) is 72.2 Å². The van der Waals surface area contributed by atoms with Crippen molar-refractivity contribution in [2.45, 2.75) is 64.9 Å². The number of ether oxygens (including phenoxy) is 1. The topological polar surface area (TPSA) is 70.7 Å². The number of anilines is 1. The molecule has 0 bridgehead atoms.